The van der Waals surface area contributed by atoms with E-state index in [4.69, 9.17) is 33.2 Å². The summed E-state index contributed by atoms with van der Waals surface area (Å²) in [5, 5.41) is 19.8. The number of pyridine rings is 1. The molecule has 8 heteroatoms. The Labute approximate surface area is 202 Å². The Morgan fingerprint density at radius 2 is 1.88 bits per heavy atom. The summed E-state index contributed by atoms with van der Waals surface area (Å²) in [5.74, 6) is 0.729. The number of nitriles is 1. The van der Waals surface area contributed by atoms with Gasteiger partial charge in [0.05, 0.1) is 34.7 Å². The first-order valence-electron chi connectivity index (χ1n) is 11.0. The van der Waals surface area contributed by atoms with Crippen molar-refractivity contribution in [2.24, 2.45) is 5.41 Å². The van der Waals surface area contributed by atoms with E-state index in [0.29, 0.717) is 22.0 Å². The van der Waals surface area contributed by atoms with Crippen LogP contribution in [0.2, 0.25) is 10.2 Å². The van der Waals surface area contributed by atoms with Crippen LogP contribution in [0.5, 0.6) is 0 Å². The zero-order valence-electron chi connectivity index (χ0n) is 18.3. The topological polar surface area (TPSA) is 85.9 Å². The number of aromatic nitrogens is 3. The molecule has 3 heterocycles. The highest BCUT2D eigenvalue weighted by Gasteiger charge is 2.40. The number of halogens is 2. The third kappa shape index (κ3) is 3.95. The van der Waals surface area contributed by atoms with Crippen LogP contribution in [0.15, 0.2) is 30.5 Å². The number of piperidine rings is 1. The Morgan fingerprint density at radius 1 is 1.12 bits per heavy atom. The van der Waals surface area contributed by atoms with Crippen molar-refractivity contribution < 1.29 is 5.11 Å². The molecular weight excluding hydrogens is 457 g/mol. The molecule has 168 valence electrons. The van der Waals surface area contributed by atoms with Crippen molar-refractivity contribution in [2.45, 2.75) is 39.2 Å². The van der Waals surface area contributed by atoms with Gasteiger partial charge in [0.2, 0.25) is 0 Å². The van der Waals surface area contributed by atoms with E-state index in [0.717, 1.165) is 55.8 Å². The standard InChI is InChI=1S/C25H23Cl2N5O/c1-15-22(19-4-7-29-23(27)21(19)26)31-20(14-33)24(30-15)32-8-5-25(6-9-32)11-17-3-2-16(13-28)10-18(17)12-25/h2-4,7,10,33H,5-6,8-9,11-12,14H2,1H3. The molecular formula is C25H23Cl2N5O. The summed E-state index contributed by atoms with van der Waals surface area (Å²) in [7, 11) is 0. The van der Waals surface area contributed by atoms with E-state index >= 15 is 0 Å². The van der Waals surface area contributed by atoms with Crippen LogP contribution in [0.25, 0.3) is 11.3 Å². The number of fused-ring (bicyclic) bond motifs is 1. The van der Waals surface area contributed by atoms with Crippen molar-refractivity contribution in [2.75, 3.05) is 18.0 Å². The van der Waals surface area contributed by atoms with Crippen LogP contribution in [0.1, 0.15) is 40.9 Å². The lowest BCUT2D eigenvalue weighted by atomic mass is 9.76. The molecule has 0 amide bonds. The summed E-state index contributed by atoms with van der Waals surface area (Å²) in [6, 6.07) is 10.1. The molecule has 5 rings (SSSR count). The summed E-state index contributed by atoms with van der Waals surface area (Å²) in [4.78, 5) is 15.8. The summed E-state index contributed by atoms with van der Waals surface area (Å²) in [6.45, 7) is 3.38. The minimum Gasteiger partial charge on any atom is -0.390 e. The van der Waals surface area contributed by atoms with Crippen molar-refractivity contribution in [3.63, 3.8) is 0 Å². The summed E-state index contributed by atoms with van der Waals surface area (Å²) >= 11 is 12.4. The van der Waals surface area contributed by atoms with Gasteiger partial charge in [0, 0.05) is 24.8 Å². The van der Waals surface area contributed by atoms with Crippen LogP contribution in [0, 0.1) is 23.7 Å². The number of anilines is 1. The van der Waals surface area contributed by atoms with Crippen LogP contribution in [-0.4, -0.2) is 33.1 Å². The fourth-order valence-corrected chi connectivity index (χ4v) is 5.57. The molecule has 1 spiro atoms. The van der Waals surface area contributed by atoms with Gasteiger partial charge < -0.3 is 10.0 Å². The SMILES string of the molecule is Cc1nc(N2CCC3(CC2)Cc2ccc(C#N)cc2C3)c(CO)nc1-c1ccnc(Cl)c1Cl. The van der Waals surface area contributed by atoms with Crippen molar-refractivity contribution in [1.29, 1.82) is 5.26 Å². The van der Waals surface area contributed by atoms with Crippen LogP contribution in [-0.2, 0) is 19.4 Å². The van der Waals surface area contributed by atoms with Crippen molar-refractivity contribution in [3.8, 4) is 17.3 Å². The number of rotatable bonds is 3. The second-order valence-electron chi connectivity index (χ2n) is 8.99. The van der Waals surface area contributed by atoms with Gasteiger partial charge in [-0.05, 0) is 67.3 Å². The van der Waals surface area contributed by atoms with Gasteiger partial charge in [-0.2, -0.15) is 5.26 Å². The predicted molar refractivity (Wildman–Crippen MR) is 128 cm³/mol. The molecule has 2 aliphatic rings. The van der Waals surface area contributed by atoms with E-state index in [1.54, 1.807) is 12.3 Å². The predicted octanol–water partition coefficient (Wildman–Crippen LogP) is 4.90. The largest absolute Gasteiger partial charge is 0.390 e. The van der Waals surface area contributed by atoms with Gasteiger partial charge in [0.15, 0.2) is 5.82 Å². The third-order valence-electron chi connectivity index (χ3n) is 6.96. The average Bonchev–Trinajstić information content (AvgIpc) is 3.18. The fraction of sp³-hybridized carbons (Fsp3) is 0.360. The number of nitrogens with zero attached hydrogens (tertiary/aromatic N) is 5. The van der Waals surface area contributed by atoms with Gasteiger partial charge in [0.1, 0.15) is 10.8 Å². The van der Waals surface area contributed by atoms with E-state index in [-0.39, 0.29) is 17.2 Å². The zero-order chi connectivity index (χ0) is 23.2. The number of hydrogen-bond donors (Lipinski definition) is 1. The molecule has 6 nitrogen and oxygen atoms in total. The van der Waals surface area contributed by atoms with E-state index in [1.165, 1.54) is 11.1 Å². The first-order chi connectivity index (χ1) is 15.9. The maximum absolute atomic E-state index is 10.1. The molecule has 0 radical (unpaired) electrons. The van der Waals surface area contributed by atoms with Crippen molar-refractivity contribution in [3.05, 3.63) is 68.7 Å². The van der Waals surface area contributed by atoms with Crippen molar-refractivity contribution in [1.82, 2.24) is 15.0 Å². The first kappa shape index (κ1) is 22.1. The number of aliphatic hydroxyl groups excluding tert-OH is 1. The number of aliphatic hydroxyl groups is 1. The van der Waals surface area contributed by atoms with Crippen LogP contribution in [0.3, 0.4) is 0 Å². The van der Waals surface area contributed by atoms with Gasteiger partial charge in [-0.25, -0.2) is 15.0 Å². The van der Waals surface area contributed by atoms with E-state index < -0.39 is 0 Å². The summed E-state index contributed by atoms with van der Waals surface area (Å²) in [6.07, 6.45) is 5.72. The Hall–Kier alpha value is -2.72. The lowest BCUT2D eigenvalue weighted by molar-refractivity contribution is 0.231. The smallest absolute Gasteiger partial charge is 0.153 e. The minimum absolute atomic E-state index is 0.212. The fourth-order valence-electron chi connectivity index (χ4n) is 5.21. The first-order valence-corrected chi connectivity index (χ1v) is 11.7. The third-order valence-corrected chi connectivity index (χ3v) is 7.73. The van der Waals surface area contributed by atoms with Gasteiger partial charge in [-0.15, -0.1) is 0 Å². The Bertz CT molecular complexity index is 1280. The van der Waals surface area contributed by atoms with Crippen LogP contribution >= 0.6 is 23.2 Å². The second-order valence-corrected chi connectivity index (χ2v) is 9.72. The lowest BCUT2D eigenvalue weighted by Gasteiger charge is -2.40. The van der Waals surface area contributed by atoms with Crippen LogP contribution in [0.4, 0.5) is 5.82 Å². The Balaban J connectivity index is 1.39. The lowest BCUT2D eigenvalue weighted by Crippen LogP contribution is -2.41. The number of aryl methyl sites for hydroxylation is 1. The summed E-state index contributed by atoms with van der Waals surface area (Å²) in [5.41, 5.74) is 6.16. The monoisotopic (exact) mass is 479 g/mol. The maximum atomic E-state index is 10.1. The molecule has 0 bridgehead atoms. The molecule has 0 atom stereocenters. The zero-order valence-corrected chi connectivity index (χ0v) is 19.8. The molecule has 1 N–H and O–H groups in total. The highest BCUT2D eigenvalue weighted by atomic mass is 35.5. The van der Waals surface area contributed by atoms with E-state index in [9.17, 15) is 10.4 Å². The molecule has 1 aliphatic carbocycles. The number of benzene rings is 1. The summed E-state index contributed by atoms with van der Waals surface area (Å²) < 4.78 is 0. The molecule has 0 unspecified atom stereocenters. The minimum atomic E-state index is -0.212. The highest BCUT2D eigenvalue weighted by molar-refractivity contribution is 6.42. The van der Waals surface area contributed by atoms with Crippen LogP contribution < -0.4 is 4.90 Å². The highest BCUT2D eigenvalue weighted by Crippen LogP contribution is 2.45. The maximum Gasteiger partial charge on any atom is 0.153 e. The molecule has 1 aromatic carbocycles. The van der Waals surface area contributed by atoms with Gasteiger partial charge in [-0.1, -0.05) is 29.3 Å². The normalized spacial score (nSPS) is 16.6. The number of hydrogen-bond acceptors (Lipinski definition) is 6. The van der Waals surface area contributed by atoms with Gasteiger partial charge >= 0.3 is 0 Å². The molecule has 0 saturated carbocycles. The van der Waals surface area contributed by atoms with Gasteiger partial charge in [-0.3, -0.25) is 0 Å². The molecule has 33 heavy (non-hydrogen) atoms. The molecule has 2 aromatic heterocycles. The van der Waals surface area contributed by atoms with Crippen molar-refractivity contribution >= 4 is 29.0 Å². The quantitative estimate of drug-likeness (QED) is 0.537. The molecule has 1 aliphatic heterocycles. The molecule has 1 fully saturated rings. The van der Waals surface area contributed by atoms with Gasteiger partial charge in [0.25, 0.3) is 0 Å². The van der Waals surface area contributed by atoms with E-state index in [2.05, 4.69) is 22.0 Å². The molecule has 1 saturated heterocycles. The Morgan fingerprint density at radius 3 is 2.61 bits per heavy atom. The average molecular weight is 480 g/mol. The second kappa shape index (κ2) is 8.57. The Kier molecular flexibility index (Phi) is 5.74. The van der Waals surface area contributed by atoms with E-state index in [1.807, 2.05) is 19.1 Å². The molecule has 3 aromatic rings.